The van der Waals surface area contributed by atoms with Crippen LogP contribution >= 0.6 is 0 Å². The maximum atomic E-state index is 10.3. The minimum Gasteiger partial charge on any atom is -0.366 e. The molecule has 6 nitrogen and oxygen atoms in total. The molecule has 2 saturated carbocycles. The Bertz CT molecular complexity index is 470. The highest BCUT2D eigenvalue weighted by Gasteiger charge is 2.61. The molecule has 1 N–H and O–H groups in total. The molecule has 0 bridgehead atoms. The van der Waals surface area contributed by atoms with E-state index in [4.69, 9.17) is 23.7 Å². The first-order chi connectivity index (χ1) is 11.7. The van der Waals surface area contributed by atoms with Crippen molar-refractivity contribution in [1.82, 2.24) is 0 Å². The third-order valence-corrected chi connectivity index (χ3v) is 6.40. The van der Waals surface area contributed by atoms with E-state index in [1.165, 1.54) is 12.8 Å². The van der Waals surface area contributed by atoms with Crippen molar-refractivity contribution in [2.24, 2.45) is 0 Å². The molecule has 136 valence electrons. The first-order valence-corrected chi connectivity index (χ1v) is 9.70. The predicted molar refractivity (Wildman–Crippen MR) is 83.1 cm³/mol. The molecular weight excluding hydrogens is 312 g/mol. The van der Waals surface area contributed by atoms with Gasteiger partial charge in [-0.3, -0.25) is 0 Å². The molecule has 24 heavy (non-hydrogen) atoms. The van der Waals surface area contributed by atoms with Gasteiger partial charge in [0.25, 0.3) is 0 Å². The largest absolute Gasteiger partial charge is 0.366 e. The molecule has 5 aliphatic rings. The van der Waals surface area contributed by atoms with E-state index in [0.29, 0.717) is 6.61 Å². The lowest BCUT2D eigenvalue weighted by Gasteiger charge is -2.35. The molecule has 0 unspecified atom stereocenters. The fraction of sp³-hybridized carbons (Fsp3) is 1.00. The molecule has 3 aliphatic heterocycles. The van der Waals surface area contributed by atoms with Crippen LogP contribution in [-0.2, 0) is 23.7 Å². The molecule has 0 radical (unpaired) electrons. The third kappa shape index (κ3) is 2.54. The highest BCUT2D eigenvalue weighted by molar-refractivity contribution is 5.01. The molecule has 2 aliphatic carbocycles. The van der Waals surface area contributed by atoms with Gasteiger partial charge in [0.1, 0.15) is 24.4 Å². The number of aliphatic hydroxyl groups is 1. The summed E-state index contributed by atoms with van der Waals surface area (Å²) in [5, 5.41) is 10.3. The summed E-state index contributed by atoms with van der Waals surface area (Å²) >= 11 is 0. The zero-order valence-corrected chi connectivity index (χ0v) is 14.2. The SMILES string of the molecule is O[C@H]1O[C@H]([C@@H]2COC3(CCCCC3)O2)[C@@H]2OC3(CCCCC3)O[C@@H]21. The average Bonchev–Trinajstić information content (AvgIpc) is 3.24. The lowest BCUT2D eigenvalue weighted by molar-refractivity contribution is -0.260. The Morgan fingerprint density at radius 1 is 0.667 bits per heavy atom. The van der Waals surface area contributed by atoms with E-state index >= 15 is 0 Å². The van der Waals surface area contributed by atoms with Gasteiger partial charge in [-0.25, -0.2) is 0 Å². The molecule has 0 aromatic rings. The van der Waals surface area contributed by atoms with Crippen LogP contribution in [0, 0.1) is 0 Å². The Balaban J connectivity index is 1.30. The number of ether oxygens (including phenoxy) is 5. The Kier molecular flexibility index (Phi) is 3.92. The van der Waals surface area contributed by atoms with Gasteiger partial charge in [0.2, 0.25) is 0 Å². The minimum atomic E-state index is -0.937. The van der Waals surface area contributed by atoms with Gasteiger partial charge in [-0.05, 0) is 25.7 Å². The summed E-state index contributed by atoms with van der Waals surface area (Å²) < 4.78 is 30.6. The number of fused-ring (bicyclic) bond motifs is 1. The van der Waals surface area contributed by atoms with Gasteiger partial charge in [0, 0.05) is 25.7 Å². The van der Waals surface area contributed by atoms with Gasteiger partial charge in [-0.1, -0.05) is 12.8 Å². The standard InChI is InChI=1S/C18H28O6/c19-16-15-14(23-18(24-15)9-5-2-6-10-18)13(21-16)12-11-20-17(22-12)7-3-1-4-8-17/h12-16,19H,1-11H2/t12-,13+,14-,15-,16-/m0/s1. The lowest BCUT2D eigenvalue weighted by Crippen LogP contribution is -2.43. The van der Waals surface area contributed by atoms with Crippen molar-refractivity contribution in [3.05, 3.63) is 0 Å². The zero-order chi connectivity index (χ0) is 16.2. The summed E-state index contributed by atoms with van der Waals surface area (Å²) in [6, 6.07) is 0. The van der Waals surface area contributed by atoms with Crippen LogP contribution in [-0.4, -0.2) is 54.0 Å². The van der Waals surface area contributed by atoms with Crippen molar-refractivity contribution in [1.29, 1.82) is 0 Å². The van der Waals surface area contributed by atoms with Crippen molar-refractivity contribution in [3.8, 4) is 0 Å². The van der Waals surface area contributed by atoms with Gasteiger partial charge < -0.3 is 28.8 Å². The van der Waals surface area contributed by atoms with Gasteiger partial charge in [-0.15, -0.1) is 0 Å². The second kappa shape index (κ2) is 5.89. The molecule has 5 atom stereocenters. The Hall–Kier alpha value is -0.240. The molecular formula is C18H28O6. The molecule has 6 heteroatoms. The van der Waals surface area contributed by atoms with Gasteiger partial charge in [0.15, 0.2) is 17.9 Å². The smallest absolute Gasteiger partial charge is 0.184 e. The fourth-order valence-electron chi connectivity index (χ4n) is 5.17. The summed E-state index contributed by atoms with van der Waals surface area (Å²) in [5.74, 6) is -0.949. The van der Waals surface area contributed by atoms with Crippen molar-refractivity contribution in [2.45, 2.75) is 106 Å². The summed E-state index contributed by atoms with van der Waals surface area (Å²) in [5.41, 5.74) is 0. The van der Waals surface area contributed by atoms with Crippen molar-refractivity contribution in [2.75, 3.05) is 6.61 Å². The summed E-state index contributed by atoms with van der Waals surface area (Å²) in [6.45, 7) is 0.511. The molecule has 0 aromatic heterocycles. The Morgan fingerprint density at radius 3 is 2.00 bits per heavy atom. The van der Waals surface area contributed by atoms with Crippen LogP contribution in [0.4, 0.5) is 0 Å². The van der Waals surface area contributed by atoms with E-state index in [0.717, 1.165) is 51.4 Å². The van der Waals surface area contributed by atoms with Crippen LogP contribution in [0.2, 0.25) is 0 Å². The summed E-state index contributed by atoms with van der Waals surface area (Å²) in [4.78, 5) is 0. The number of hydrogen-bond donors (Lipinski definition) is 1. The topological polar surface area (TPSA) is 66.4 Å². The number of rotatable bonds is 1. The van der Waals surface area contributed by atoms with Crippen LogP contribution in [0.3, 0.4) is 0 Å². The molecule has 5 rings (SSSR count). The van der Waals surface area contributed by atoms with Crippen LogP contribution in [0.15, 0.2) is 0 Å². The van der Waals surface area contributed by atoms with E-state index in [-0.39, 0.29) is 18.3 Å². The Labute approximate surface area is 142 Å². The van der Waals surface area contributed by atoms with E-state index in [9.17, 15) is 5.11 Å². The first kappa shape index (κ1) is 16.0. The van der Waals surface area contributed by atoms with Gasteiger partial charge in [0.05, 0.1) is 6.61 Å². The third-order valence-electron chi connectivity index (χ3n) is 6.40. The summed E-state index contributed by atoms with van der Waals surface area (Å²) in [6.07, 6.45) is 8.64. The minimum absolute atomic E-state index is 0.185. The highest BCUT2D eigenvalue weighted by atomic mass is 16.8. The van der Waals surface area contributed by atoms with Gasteiger partial charge >= 0.3 is 0 Å². The monoisotopic (exact) mass is 340 g/mol. The van der Waals surface area contributed by atoms with Crippen LogP contribution in [0.5, 0.6) is 0 Å². The predicted octanol–water partition coefficient (Wildman–Crippen LogP) is 2.22. The average molecular weight is 340 g/mol. The second-order valence-corrected chi connectivity index (χ2v) is 8.07. The molecule has 0 amide bonds. The second-order valence-electron chi connectivity index (χ2n) is 8.07. The van der Waals surface area contributed by atoms with E-state index < -0.39 is 24.0 Å². The molecule has 3 saturated heterocycles. The van der Waals surface area contributed by atoms with Crippen LogP contribution in [0.1, 0.15) is 64.2 Å². The normalized spacial score (nSPS) is 46.6. The zero-order valence-electron chi connectivity index (χ0n) is 14.2. The van der Waals surface area contributed by atoms with E-state index in [1.807, 2.05) is 0 Å². The molecule has 5 fully saturated rings. The molecule has 0 aromatic carbocycles. The molecule has 3 heterocycles. The lowest BCUT2D eigenvalue weighted by atomic mass is 9.94. The van der Waals surface area contributed by atoms with Crippen molar-refractivity contribution >= 4 is 0 Å². The maximum absolute atomic E-state index is 10.3. The van der Waals surface area contributed by atoms with E-state index in [2.05, 4.69) is 0 Å². The van der Waals surface area contributed by atoms with Gasteiger partial charge in [-0.2, -0.15) is 0 Å². The molecule has 2 spiro atoms. The quantitative estimate of drug-likeness (QED) is 0.789. The first-order valence-electron chi connectivity index (χ1n) is 9.70. The fourth-order valence-corrected chi connectivity index (χ4v) is 5.17. The van der Waals surface area contributed by atoms with Crippen LogP contribution in [0.25, 0.3) is 0 Å². The Morgan fingerprint density at radius 2 is 1.29 bits per heavy atom. The highest BCUT2D eigenvalue weighted by Crippen LogP contribution is 2.48. The maximum Gasteiger partial charge on any atom is 0.184 e. The summed E-state index contributed by atoms with van der Waals surface area (Å²) in [7, 11) is 0. The van der Waals surface area contributed by atoms with Crippen LogP contribution < -0.4 is 0 Å². The number of aliphatic hydroxyl groups excluding tert-OH is 1. The van der Waals surface area contributed by atoms with Crippen molar-refractivity contribution < 1.29 is 28.8 Å². The number of hydrogen-bond acceptors (Lipinski definition) is 6. The van der Waals surface area contributed by atoms with E-state index in [1.54, 1.807) is 0 Å². The van der Waals surface area contributed by atoms with Crippen molar-refractivity contribution in [3.63, 3.8) is 0 Å².